The number of rotatable bonds is 18. The summed E-state index contributed by atoms with van der Waals surface area (Å²) in [5, 5.41) is 28.6. The van der Waals surface area contributed by atoms with E-state index < -0.39 is 24.4 Å². The van der Waals surface area contributed by atoms with Crippen LogP contribution in [0.2, 0.25) is 0 Å². The van der Waals surface area contributed by atoms with Gasteiger partial charge in [-0.05, 0) is 32.1 Å². The molecule has 0 radical (unpaired) electrons. The molecule has 28 heavy (non-hydrogen) atoms. The first-order valence-corrected chi connectivity index (χ1v) is 11.6. The quantitative estimate of drug-likeness (QED) is 0.238. The number of unbranched alkanes of at least 4 members (excludes halogenated alkanes) is 11. The second kappa shape index (κ2) is 17.4. The Morgan fingerprint density at radius 2 is 1.50 bits per heavy atom. The van der Waals surface area contributed by atoms with Gasteiger partial charge in [0.1, 0.15) is 24.4 Å². The summed E-state index contributed by atoms with van der Waals surface area (Å²) in [6.45, 7) is 2.58. The number of hydrogen-bond donors (Lipinski definition) is 3. The van der Waals surface area contributed by atoms with E-state index in [1.165, 1.54) is 64.2 Å². The second-order valence-corrected chi connectivity index (χ2v) is 8.03. The van der Waals surface area contributed by atoms with Crippen LogP contribution < -0.4 is 0 Å². The second-order valence-electron chi connectivity index (χ2n) is 8.03. The van der Waals surface area contributed by atoms with Gasteiger partial charge in [-0.2, -0.15) is 0 Å². The Labute approximate surface area is 172 Å². The van der Waals surface area contributed by atoms with Crippen LogP contribution in [0.5, 0.6) is 0 Å². The number of hydrogen-bond acceptors (Lipinski definition) is 5. The first kappa shape index (κ1) is 25.6. The van der Waals surface area contributed by atoms with Gasteiger partial charge in [0.2, 0.25) is 0 Å². The van der Waals surface area contributed by atoms with Gasteiger partial charge in [0.05, 0.1) is 13.2 Å². The molecule has 0 unspecified atom stereocenters. The van der Waals surface area contributed by atoms with Crippen molar-refractivity contribution in [3.8, 4) is 0 Å². The average Bonchev–Trinajstić information content (AvgIpc) is 3.07. The van der Waals surface area contributed by atoms with E-state index in [2.05, 4.69) is 19.1 Å². The Kier molecular flexibility index (Phi) is 15.9. The minimum Gasteiger partial charge on any atom is -0.394 e. The molecule has 0 aromatic carbocycles. The van der Waals surface area contributed by atoms with Gasteiger partial charge in [-0.15, -0.1) is 0 Å². The minimum atomic E-state index is -1.00. The largest absolute Gasteiger partial charge is 0.394 e. The number of aliphatic hydroxyl groups excluding tert-OH is 3. The lowest BCUT2D eigenvalue weighted by molar-refractivity contribution is -0.0938. The zero-order chi connectivity index (χ0) is 20.5. The van der Waals surface area contributed by atoms with Crippen LogP contribution in [0.3, 0.4) is 0 Å². The van der Waals surface area contributed by atoms with Crippen molar-refractivity contribution < 1.29 is 24.8 Å². The van der Waals surface area contributed by atoms with Crippen LogP contribution in [0.25, 0.3) is 0 Å². The Morgan fingerprint density at radius 1 is 0.929 bits per heavy atom. The highest BCUT2D eigenvalue weighted by Crippen LogP contribution is 2.21. The van der Waals surface area contributed by atoms with Crippen LogP contribution in [-0.2, 0) is 9.47 Å². The van der Waals surface area contributed by atoms with Crippen LogP contribution in [0.1, 0.15) is 90.4 Å². The van der Waals surface area contributed by atoms with E-state index >= 15 is 0 Å². The fourth-order valence-corrected chi connectivity index (χ4v) is 3.65. The number of ether oxygens (including phenoxy) is 2. The third-order valence-electron chi connectivity index (χ3n) is 5.45. The molecule has 0 bridgehead atoms. The van der Waals surface area contributed by atoms with Gasteiger partial charge in [-0.3, -0.25) is 0 Å². The molecule has 0 spiro atoms. The van der Waals surface area contributed by atoms with E-state index in [4.69, 9.17) is 14.6 Å². The maximum atomic E-state index is 9.88. The summed E-state index contributed by atoms with van der Waals surface area (Å²) in [6, 6.07) is 0. The van der Waals surface area contributed by atoms with E-state index in [9.17, 15) is 10.2 Å². The maximum absolute atomic E-state index is 9.88. The Bertz CT molecular complexity index is 374. The van der Waals surface area contributed by atoms with Crippen LogP contribution >= 0.6 is 0 Å². The smallest absolute Gasteiger partial charge is 0.114 e. The predicted octanol–water partition coefficient (Wildman–Crippen LogP) is 4.13. The number of allylic oxidation sites excluding steroid dienone is 2. The fourth-order valence-electron chi connectivity index (χ4n) is 3.65. The molecule has 0 aromatic heterocycles. The van der Waals surface area contributed by atoms with Crippen molar-refractivity contribution in [1.82, 2.24) is 0 Å². The van der Waals surface area contributed by atoms with Crippen LogP contribution in [0.4, 0.5) is 0 Å². The normalized spacial score (nSPS) is 23.6. The van der Waals surface area contributed by atoms with Crippen molar-refractivity contribution in [3.05, 3.63) is 12.2 Å². The Balaban J connectivity index is 1.90. The van der Waals surface area contributed by atoms with E-state index in [0.717, 1.165) is 19.3 Å². The van der Waals surface area contributed by atoms with Crippen LogP contribution in [0.15, 0.2) is 12.2 Å². The zero-order valence-electron chi connectivity index (χ0n) is 17.9. The Morgan fingerprint density at radius 3 is 2.11 bits per heavy atom. The first-order chi connectivity index (χ1) is 13.7. The molecule has 0 amide bonds. The fraction of sp³-hybridized carbons (Fsp3) is 0.913. The zero-order valence-corrected chi connectivity index (χ0v) is 17.9. The van der Waals surface area contributed by atoms with Crippen molar-refractivity contribution >= 4 is 0 Å². The highest BCUT2D eigenvalue weighted by atomic mass is 16.6. The molecule has 5 nitrogen and oxygen atoms in total. The molecule has 1 aliphatic heterocycles. The van der Waals surface area contributed by atoms with Gasteiger partial charge in [0.15, 0.2) is 0 Å². The summed E-state index contributed by atoms with van der Waals surface area (Å²) >= 11 is 0. The van der Waals surface area contributed by atoms with Crippen LogP contribution in [0, 0.1) is 0 Å². The molecule has 3 N–H and O–H groups in total. The molecule has 1 fully saturated rings. The summed E-state index contributed by atoms with van der Waals surface area (Å²) in [5.74, 6) is 0. The lowest BCUT2D eigenvalue weighted by Gasteiger charge is -2.23. The third-order valence-corrected chi connectivity index (χ3v) is 5.45. The molecule has 0 aliphatic carbocycles. The molecule has 1 rings (SSSR count). The van der Waals surface area contributed by atoms with Crippen molar-refractivity contribution in [3.63, 3.8) is 0 Å². The molecule has 1 saturated heterocycles. The van der Waals surface area contributed by atoms with Gasteiger partial charge in [0, 0.05) is 6.61 Å². The van der Waals surface area contributed by atoms with Gasteiger partial charge >= 0.3 is 0 Å². The highest BCUT2D eigenvalue weighted by Gasteiger charge is 2.40. The van der Waals surface area contributed by atoms with Gasteiger partial charge in [-0.1, -0.05) is 70.4 Å². The lowest BCUT2D eigenvalue weighted by atomic mass is 10.1. The molecule has 166 valence electrons. The molecular weight excluding hydrogens is 356 g/mol. The monoisotopic (exact) mass is 400 g/mol. The summed E-state index contributed by atoms with van der Waals surface area (Å²) in [5.41, 5.74) is 0. The molecule has 0 aromatic rings. The van der Waals surface area contributed by atoms with Crippen molar-refractivity contribution in [2.24, 2.45) is 0 Å². The minimum absolute atomic E-state index is 0.150. The highest BCUT2D eigenvalue weighted by molar-refractivity contribution is 4.89. The van der Waals surface area contributed by atoms with E-state index in [-0.39, 0.29) is 13.2 Å². The van der Waals surface area contributed by atoms with Gasteiger partial charge in [-0.25, -0.2) is 0 Å². The van der Waals surface area contributed by atoms with Crippen LogP contribution in [-0.4, -0.2) is 59.6 Å². The lowest BCUT2D eigenvalue weighted by Crippen LogP contribution is -2.42. The summed E-state index contributed by atoms with van der Waals surface area (Å²) in [4.78, 5) is 0. The average molecular weight is 401 g/mol. The molecule has 0 saturated carbocycles. The number of aliphatic hydroxyl groups is 3. The summed E-state index contributed by atoms with van der Waals surface area (Å²) in [6.07, 6.45) is 18.1. The van der Waals surface area contributed by atoms with Crippen molar-refractivity contribution in [1.29, 1.82) is 0 Å². The molecule has 4 atom stereocenters. The summed E-state index contributed by atoms with van der Waals surface area (Å²) < 4.78 is 11.0. The predicted molar refractivity (Wildman–Crippen MR) is 113 cm³/mol. The van der Waals surface area contributed by atoms with E-state index in [1.807, 2.05) is 0 Å². The summed E-state index contributed by atoms with van der Waals surface area (Å²) in [7, 11) is 0. The topological polar surface area (TPSA) is 79.2 Å². The van der Waals surface area contributed by atoms with E-state index in [1.54, 1.807) is 0 Å². The Hall–Kier alpha value is -0.460. The first-order valence-electron chi connectivity index (χ1n) is 11.6. The molecule has 1 aliphatic rings. The standard InChI is InChI=1S/C23H44O5/c1-2-3-4-5-6-7-8-9-10-11-12-13-14-15-16-17-27-23-21(26)19-28-22(23)20(25)18-24/h10-11,20-26H,2-9,12-19H2,1H3/b11-10+/t20-,21+,22+,23+/m1/s1. The van der Waals surface area contributed by atoms with Crippen molar-refractivity contribution in [2.75, 3.05) is 19.8 Å². The maximum Gasteiger partial charge on any atom is 0.114 e. The molecule has 1 heterocycles. The van der Waals surface area contributed by atoms with E-state index in [0.29, 0.717) is 6.61 Å². The van der Waals surface area contributed by atoms with Crippen molar-refractivity contribution in [2.45, 2.75) is 115 Å². The SMILES string of the molecule is CCCCCCCCC/C=C/CCCCCCO[C@@H]1[C@H]([C@H](O)CO)OC[C@@H]1O. The van der Waals surface area contributed by atoms with Gasteiger partial charge < -0.3 is 24.8 Å². The molecular formula is C23H44O5. The van der Waals surface area contributed by atoms with Gasteiger partial charge in [0.25, 0.3) is 0 Å². The molecule has 5 heteroatoms. The third kappa shape index (κ3) is 11.5.